The highest BCUT2D eigenvalue weighted by atomic mass is 19.1. The van der Waals surface area contributed by atoms with E-state index in [0.29, 0.717) is 24.0 Å². The molecule has 0 atom stereocenters. The Morgan fingerprint density at radius 1 is 1.03 bits per heavy atom. The molecule has 0 spiro atoms. The summed E-state index contributed by atoms with van der Waals surface area (Å²) in [5.74, 6) is 1.70. The molecular weight excluding hydrogens is 371 g/mol. The van der Waals surface area contributed by atoms with Gasteiger partial charge in [0.15, 0.2) is 0 Å². The van der Waals surface area contributed by atoms with Gasteiger partial charge >= 0.3 is 0 Å². The van der Waals surface area contributed by atoms with Crippen molar-refractivity contribution in [2.45, 2.75) is 25.5 Å². The van der Waals surface area contributed by atoms with Gasteiger partial charge < -0.3 is 20.6 Å². The molecular formula is C21H23FN6O. The number of pyridine rings is 1. The number of hydrogen-bond donors (Lipinski definition) is 3. The van der Waals surface area contributed by atoms with Crippen LogP contribution in [0.15, 0.2) is 55.0 Å². The molecule has 150 valence electrons. The summed E-state index contributed by atoms with van der Waals surface area (Å²) in [5.41, 5.74) is 1.98. The lowest BCUT2D eigenvalue weighted by Gasteiger charge is -2.32. The van der Waals surface area contributed by atoms with Crippen molar-refractivity contribution in [1.82, 2.24) is 15.0 Å². The molecule has 0 saturated carbocycles. The van der Waals surface area contributed by atoms with Gasteiger partial charge in [-0.1, -0.05) is 12.1 Å². The van der Waals surface area contributed by atoms with E-state index in [1.54, 1.807) is 30.7 Å². The third-order valence-corrected chi connectivity index (χ3v) is 4.85. The first kappa shape index (κ1) is 19.1. The van der Waals surface area contributed by atoms with E-state index in [9.17, 15) is 9.50 Å². The third-order valence-electron chi connectivity index (χ3n) is 4.85. The van der Waals surface area contributed by atoms with E-state index >= 15 is 0 Å². The monoisotopic (exact) mass is 394 g/mol. The van der Waals surface area contributed by atoms with Crippen LogP contribution in [0.2, 0.25) is 0 Å². The van der Waals surface area contributed by atoms with Gasteiger partial charge in [-0.25, -0.2) is 14.4 Å². The molecule has 7 nitrogen and oxygen atoms in total. The second kappa shape index (κ2) is 8.83. The molecule has 3 N–H and O–H groups in total. The van der Waals surface area contributed by atoms with Gasteiger partial charge in [-0.2, -0.15) is 0 Å². The molecule has 0 unspecified atom stereocenters. The molecule has 1 fully saturated rings. The van der Waals surface area contributed by atoms with Gasteiger partial charge in [0, 0.05) is 49.8 Å². The summed E-state index contributed by atoms with van der Waals surface area (Å²) in [4.78, 5) is 15.2. The Morgan fingerprint density at radius 3 is 2.52 bits per heavy atom. The second-order valence-electron chi connectivity index (χ2n) is 7.01. The molecule has 1 aliphatic heterocycles. The van der Waals surface area contributed by atoms with Crippen LogP contribution in [0.1, 0.15) is 18.4 Å². The molecule has 4 rings (SSSR count). The van der Waals surface area contributed by atoms with Crippen molar-refractivity contribution in [3.63, 3.8) is 0 Å². The maximum Gasteiger partial charge on any atom is 0.150 e. The Kier molecular flexibility index (Phi) is 5.81. The molecule has 1 aromatic carbocycles. The number of benzene rings is 1. The first-order valence-electron chi connectivity index (χ1n) is 9.62. The molecule has 1 saturated heterocycles. The normalized spacial score (nSPS) is 14.6. The van der Waals surface area contributed by atoms with Crippen molar-refractivity contribution in [1.29, 1.82) is 0 Å². The zero-order valence-electron chi connectivity index (χ0n) is 15.9. The van der Waals surface area contributed by atoms with Gasteiger partial charge in [-0.05, 0) is 30.5 Å². The number of aliphatic hydroxyl groups is 1. The number of halogens is 1. The lowest BCUT2D eigenvalue weighted by Crippen LogP contribution is -2.35. The molecule has 1 aliphatic rings. The van der Waals surface area contributed by atoms with Crippen LogP contribution >= 0.6 is 0 Å². The largest absolute Gasteiger partial charge is 0.393 e. The van der Waals surface area contributed by atoms with Crippen molar-refractivity contribution >= 4 is 23.1 Å². The Hall–Kier alpha value is -3.26. The molecule has 3 heterocycles. The zero-order valence-corrected chi connectivity index (χ0v) is 15.9. The minimum atomic E-state index is -0.253. The maximum atomic E-state index is 13.1. The molecule has 0 amide bonds. The predicted octanol–water partition coefficient (Wildman–Crippen LogP) is 3.33. The standard InChI is InChI=1S/C21H23FN6O/c22-16-3-1-15(2-4-16)13-25-19-11-17(28-9-5-18(29)6-10-28)12-20(26-19)27-21-14-23-7-8-24-21/h1-4,7-8,11-12,14,18,29H,5-6,9-10,13H2,(H2,24,25,26,27). The van der Waals surface area contributed by atoms with Gasteiger partial charge in [0.2, 0.25) is 0 Å². The molecule has 8 heteroatoms. The summed E-state index contributed by atoms with van der Waals surface area (Å²) >= 11 is 0. The Morgan fingerprint density at radius 2 is 1.79 bits per heavy atom. The summed E-state index contributed by atoms with van der Waals surface area (Å²) in [5, 5.41) is 16.3. The molecule has 0 bridgehead atoms. The summed E-state index contributed by atoms with van der Waals surface area (Å²) in [6.07, 6.45) is 6.12. The second-order valence-corrected chi connectivity index (χ2v) is 7.01. The van der Waals surface area contributed by atoms with E-state index in [2.05, 4.69) is 30.5 Å². The number of nitrogens with zero attached hydrogens (tertiary/aromatic N) is 4. The van der Waals surface area contributed by atoms with Gasteiger partial charge in [0.05, 0.1) is 12.3 Å². The van der Waals surface area contributed by atoms with Gasteiger partial charge in [0.1, 0.15) is 23.3 Å². The van der Waals surface area contributed by atoms with Crippen molar-refractivity contribution < 1.29 is 9.50 Å². The van der Waals surface area contributed by atoms with E-state index in [-0.39, 0.29) is 11.9 Å². The number of aromatic nitrogens is 3. The lowest BCUT2D eigenvalue weighted by atomic mass is 10.1. The van der Waals surface area contributed by atoms with Crippen LogP contribution in [-0.4, -0.2) is 39.3 Å². The number of piperidine rings is 1. The fraction of sp³-hybridized carbons (Fsp3) is 0.286. The molecule has 0 radical (unpaired) electrons. The first-order chi connectivity index (χ1) is 14.2. The molecule has 2 aromatic heterocycles. The van der Waals surface area contributed by atoms with Crippen molar-refractivity contribution in [2.75, 3.05) is 28.6 Å². The number of anilines is 4. The summed E-state index contributed by atoms with van der Waals surface area (Å²) in [6, 6.07) is 10.3. The predicted molar refractivity (Wildman–Crippen MR) is 111 cm³/mol. The van der Waals surface area contributed by atoms with Crippen molar-refractivity contribution in [3.05, 3.63) is 66.4 Å². The number of hydrogen-bond acceptors (Lipinski definition) is 7. The average Bonchev–Trinajstić information content (AvgIpc) is 2.74. The lowest BCUT2D eigenvalue weighted by molar-refractivity contribution is 0.145. The Labute approximate surface area is 168 Å². The fourth-order valence-electron chi connectivity index (χ4n) is 3.27. The highest BCUT2D eigenvalue weighted by Crippen LogP contribution is 2.27. The number of rotatable bonds is 6. The van der Waals surface area contributed by atoms with Crippen molar-refractivity contribution in [2.24, 2.45) is 0 Å². The molecule has 3 aromatic rings. The van der Waals surface area contributed by atoms with E-state index in [0.717, 1.165) is 37.2 Å². The van der Waals surface area contributed by atoms with E-state index in [1.807, 2.05) is 12.1 Å². The SMILES string of the molecule is OC1CCN(c2cc(NCc3ccc(F)cc3)nc(Nc3cnccn3)c2)CC1. The van der Waals surface area contributed by atoms with E-state index in [4.69, 9.17) is 0 Å². The maximum absolute atomic E-state index is 13.1. The van der Waals surface area contributed by atoms with Crippen LogP contribution < -0.4 is 15.5 Å². The summed E-state index contributed by atoms with van der Waals surface area (Å²) in [7, 11) is 0. The van der Waals surface area contributed by atoms with Crippen LogP contribution in [0, 0.1) is 5.82 Å². The molecule has 29 heavy (non-hydrogen) atoms. The van der Waals surface area contributed by atoms with Crippen LogP contribution in [0.4, 0.5) is 27.5 Å². The average molecular weight is 394 g/mol. The Balaban J connectivity index is 1.55. The van der Waals surface area contributed by atoms with Crippen LogP contribution in [0.3, 0.4) is 0 Å². The topological polar surface area (TPSA) is 86.2 Å². The van der Waals surface area contributed by atoms with Gasteiger partial charge in [-0.3, -0.25) is 4.98 Å². The number of nitrogens with one attached hydrogen (secondary N) is 2. The van der Waals surface area contributed by atoms with Gasteiger partial charge in [0.25, 0.3) is 0 Å². The molecule has 0 aliphatic carbocycles. The minimum Gasteiger partial charge on any atom is -0.393 e. The quantitative estimate of drug-likeness (QED) is 0.591. The first-order valence-corrected chi connectivity index (χ1v) is 9.62. The fourth-order valence-corrected chi connectivity index (χ4v) is 3.27. The minimum absolute atomic E-state index is 0.235. The van der Waals surface area contributed by atoms with Crippen LogP contribution in [0.25, 0.3) is 0 Å². The van der Waals surface area contributed by atoms with E-state index in [1.165, 1.54) is 12.1 Å². The zero-order chi connectivity index (χ0) is 20.1. The van der Waals surface area contributed by atoms with E-state index < -0.39 is 0 Å². The highest BCUT2D eigenvalue weighted by molar-refractivity contribution is 5.64. The van der Waals surface area contributed by atoms with Crippen LogP contribution in [0.5, 0.6) is 0 Å². The summed E-state index contributed by atoms with van der Waals surface area (Å²) in [6.45, 7) is 2.10. The number of aliphatic hydroxyl groups excluding tert-OH is 1. The third kappa shape index (κ3) is 5.17. The van der Waals surface area contributed by atoms with Gasteiger partial charge in [-0.15, -0.1) is 0 Å². The Bertz CT molecular complexity index is 930. The van der Waals surface area contributed by atoms with Crippen LogP contribution in [-0.2, 0) is 6.54 Å². The smallest absolute Gasteiger partial charge is 0.150 e. The highest BCUT2D eigenvalue weighted by Gasteiger charge is 2.18. The van der Waals surface area contributed by atoms with Crippen molar-refractivity contribution in [3.8, 4) is 0 Å². The summed E-state index contributed by atoms with van der Waals surface area (Å²) < 4.78 is 13.1.